The lowest BCUT2D eigenvalue weighted by molar-refractivity contribution is -0.121. The second-order valence-electron chi connectivity index (χ2n) is 4.44. The van der Waals surface area contributed by atoms with Crippen LogP contribution in [0.1, 0.15) is 37.3 Å². The average molecular weight is 268 g/mol. The van der Waals surface area contributed by atoms with E-state index >= 15 is 0 Å². The highest BCUT2D eigenvalue weighted by atomic mass is 35.5. The predicted molar refractivity (Wildman–Crippen MR) is 72.0 cm³/mol. The van der Waals surface area contributed by atoms with Crippen LogP contribution in [-0.2, 0) is 4.79 Å². The predicted octanol–water partition coefficient (Wildman–Crippen LogP) is 3.04. The van der Waals surface area contributed by atoms with Crippen molar-refractivity contribution in [3.8, 4) is 5.75 Å². The smallest absolute Gasteiger partial charge is 0.220 e. The molecule has 1 N–H and O–H groups in total. The Balaban J connectivity index is 2.06. The van der Waals surface area contributed by atoms with Crippen LogP contribution in [0.25, 0.3) is 0 Å². The van der Waals surface area contributed by atoms with Gasteiger partial charge in [-0.25, -0.2) is 0 Å². The largest absolute Gasteiger partial charge is 0.493 e. The second-order valence-corrected chi connectivity index (χ2v) is 4.82. The lowest BCUT2D eigenvalue weighted by Gasteiger charge is -2.18. The van der Waals surface area contributed by atoms with Crippen molar-refractivity contribution in [2.45, 2.75) is 31.7 Å². The van der Waals surface area contributed by atoms with Crippen LogP contribution in [0, 0.1) is 0 Å². The molecule has 18 heavy (non-hydrogen) atoms. The molecule has 2 rings (SSSR count). The Bertz CT molecular complexity index is 409. The van der Waals surface area contributed by atoms with E-state index in [2.05, 4.69) is 5.32 Å². The van der Waals surface area contributed by atoms with E-state index in [0.29, 0.717) is 18.9 Å². The van der Waals surface area contributed by atoms with Crippen molar-refractivity contribution < 1.29 is 9.53 Å². The number of alkyl halides is 1. The maximum absolute atomic E-state index is 11.8. The van der Waals surface area contributed by atoms with Crippen molar-refractivity contribution in [2.24, 2.45) is 0 Å². The molecule has 1 atom stereocenters. The van der Waals surface area contributed by atoms with E-state index < -0.39 is 0 Å². The van der Waals surface area contributed by atoms with Crippen molar-refractivity contribution in [1.29, 1.82) is 0 Å². The Kier molecular flexibility index (Phi) is 4.88. The van der Waals surface area contributed by atoms with Crippen LogP contribution in [0.5, 0.6) is 5.75 Å². The summed E-state index contributed by atoms with van der Waals surface area (Å²) in [5, 5.41) is 3.07. The van der Waals surface area contributed by atoms with Gasteiger partial charge in [0.2, 0.25) is 5.91 Å². The highest BCUT2D eigenvalue weighted by Gasteiger charge is 2.20. The van der Waals surface area contributed by atoms with Gasteiger partial charge in [-0.1, -0.05) is 18.2 Å². The number of para-hydroxylation sites is 1. The topological polar surface area (TPSA) is 38.3 Å². The van der Waals surface area contributed by atoms with Gasteiger partial charge in [-0.15, -0.1) is 11.6 Å². The average Bonchev–Trinajstić information content (AvgIpc) is 2.59. The minimum absolute atomic E-state index is 0.0616. The molecule has 1 amide bonds. The number of hydrogen-bond donors (Lipinski definition) is 1. The third-order valence-electron chi connectivity index (χ3n) is 3.06. The normalized spacial score (nSPS) is 18.4. The van der Waals surface area contributed by atoms with Gasteiger partial charge >= 0.3 is 0 Å². The zero-order valence-electron chi connectivity index (χ0n) is 10.3. The van der Waals surface area contributed by atoms with Gasteiger partial charge in [-0.05, 0) is 25.3 Å². The molecule has 1 aromatic carbocycles. The summed E-state index contributed by atoms with van der Waals surface area (Å²) in [4.78, 5) is 11.8. The molecule has 0 aliphatic carbocycles. The number of nitrogens with one attached hydrogen (secondary N) is 1. The summed E-state index contributed by atoms with van der Waals surface area (Å²) in [5.74, 6) is 1.48. The summed E-state index contributed by atoms with van der Waals surface area (Å²) in [6.45, 7) is 0.713. The Labute approximate surface area is 112 Å². The first-order valence-corrected chi connectivity index (χ1v) is 6.92. The van der Waals surface area contributed by atoms with E-state index in [1.807, 2.05) is 24.3 Å². The van der Waals surface area contributed by atoms with Crippen LogP contribution in [-0.4, -0.2) is 18.4 Å². The fourth-order valence-electron chi connectivity index (χ4n) is 2.17. The highest BCUT2D eigenvalue weighted by molar-refractivity contribution is 6.17. The van der Waals surface area contributed by atoms with Crippen molar-refractivity contribution >= 4 is 17.5 Å². The molecule has 3 nitrogen and oxygen atoms in total. The standard InChI is InChI=1S/C14H18ClNO2/c15-9-3-8-14(17)16-12-6-4-10-18-13-7-2-1-5-11(12)13/h1-2,5,7,12H,3-4,6,8-10H2,(H,16,17). The van der Waals surface area contributed by atoms with E-state index in [-0.39, 0.29) is 11.9 Å². The number of fused-ring (bicyclic) bond motifs is 1. The maximum Gasteiger partial charge on any atom is 0.220 e. The van der Waals surface area contributed by atoms with Gasteiger partial charge in [0.15, 0.2) is 0 Å². The van der Waals surface area contributed by atoms with Crippen LogP contribution in [0.15, 0.2) is 24.3 Å². The molecule has 0 aromatic heterocycles. The Morgan fingerprint density at radius 1 is 1.44 bits per heavy atom. The first kappa shape index (κ1) is 13.2. The molecule has 0 saturated carbocycles. The van der Waals surface area contributed by atoms with Crippen molar-refractivity contribution in [2.75, 3.05) is 12.5 Å². The summed E-state index contributed by atoms with van der Waals surface area (Å²) in [6.07, 6.45) is 3.08. The van der Waals surface area contributed by atoms with Gasteiger partial charge in [-0.3, -0.25) is 4.79 Å². The lowest BCUT2D eigenvalue weighted by atomic mass is 10.0. The molecule has 0 radical (unpaired) electrons. The quantitative estimate of drug-likeness (QED) is 0.852. The number of amides is 1. The minimum atomic E-state index is 0.0616. The molecule has 1 aliphatic heterocycles. The van der Waals surface area contributed by atoms with Crippen LogP contribution < -0.4 is 10.1 Å². The number of carbonyl (C=O) groups excluding carboxylic acids is 1. The molecule has 0 saturated heterocycles. The summed E-state index contributed by atoms with van der Waals surface area (Å²) in [6, 6.07) is 7.97. The summed E-state index contributed by atoms with van der Waals surface area (Å²) in [5.41, 5.74) is 1.08. The van der Waals surface area contributed by atoms with E-state index in [0.717, 1.165) is 30.6 Å². The number of hydrogen-bond acceptors (Lipinski definition) is 2. The first-order valence-electron chi connectivity index (χ1n) is 6.38. The van der Waals surface area contributed by atoms with E-state index in [9.17, 15) is 4.79 Å². The van der Waals surface area contributed by atoms with Crippen LogP contribution in [0.2, 0.25) is 0 Å². The Morgan fingerprint density at radius 2 is 2.28 bits per heavy atom. The van der Waals surface area contributed by atoms with E-state index in [1.54, 1.807) is 0 Å². The van der Waals surface area contributed by atoms with Gasteiger partial charge < -0.3 is 10.1 Å². The molecule has 1 unspecified atom stereocenters. The minimum Gasteiger partial charge on any atom is -0.493 e. The maximum atomic E-state index is 11.8. The van der Waals surface area contributed by atoms with Gasteiger partial charge in [-0.2, -0.15) is 0 Å². The zero-order valence-corrected chi connectivity index (χ0v) is 11.1. The summed E-state index contributed by atoms with van der Waals surface area (Å²) in [7, 11) is 0. The van der Waals surface area contributed by atoms with E-state index in [1.165, 1.54) is 0 Å². The third-order valence-corrected chi connectivity index (χ3v) is 3.33. The monoisotopic (exact) mass is 267 g/mol. The fraction of sp³-hybridized carbons (Fsp3) is 0.500. The third kappa shape index (κ3) is 3.39. The molecule has 1 aliphatic rings. The van der Waals surface area contributed by atoms with Gasteiger partial charge in [0.25, 0.3) is 0 Å². The van der Waals surface area contributed by atoms with Gasteiger partial charge in [0, 0.05) is 17.9 Å². The molecule has 1 heterocycles. The molecule has 4 heteroatoms. The molecule has 1 aromatic rings. The van der Waals surface area contributed by atoms with E-state index in [4.69, 9.17) is 16.3 Å². The molecular weight excluding hydrogens is 250 g/mol. The van der Waals surface area contributed by atoms with Crippen molar-refractivity contribution in [1.82, 2.24) is 5.32 Å². The molecule has 0 spiro atoms. The lowest BCUT2D eigenvalue weighted by Crippen LogP contribution is -2.28. The summed E-state index contributed by atoms with van der Waals surface area (Å²) >= 11 is 5.60. The van der Waals surface area contributed by atoms with Crippen molar-refractivity contribution in [3.63, 3.8) is 0 Å². The fourth-order valence-corrected chi connectivity index (χ4v) is 2.30. The first-order chi connectivity index (χ1) is 8.81. The second kappa shape index (κ2) is 6.64. The number of carbonyl (C=O) groups is 1. The van der Waals surface area contributed by atoms with Crippen LogP contribution in [0.4, 0.5) is 0 Å². The number of benzene rings is 1. The number of rotatable bonds is 4. The van der Waals surface area contributed by atoms with Crippen LogP contribution >= 0.6 is 11.6 Å². The SMILES string of the molecule is O=C(CCCCl)NC1CCCOc2ccccc21. The van der Waals surface area contributed by atoms with Crippen molar-refractivity contribution in [3.05, 3.63) is 29.8 Å². The molecular formula is C14H18ClNO2. The summed E-state index contributed by atoms with van der Waals surface area (Å²) < 4.78 is 5.67. The van der Waals surface area contributed by atoms with Gasteiger partial charge in [0.1, 0.15) is 5.75 Å². The Hall–Kier alpha value is -1.22. The molecule has 0 bridgehead atoms. The highest BCUT2D eigenvalue weighted by Crippen LogP contribution is 2.31. The zero-order chi connectivity index (χ0) is 12.8. The van der Waals surface area contributed by atoms with Crippen LogP contribution in [0.3, 0.4) is 0 Å². The number of ether oxygens (including phenoxy) is 1. The molecule has 98 valence electrons. The van der Waals surface area contributed by atoms with Gasteiger partial charge in [0.05, 0.1) is 12.6 Å². The Morgan fingerprint density at radius 3 is 3.11 bits per heavy atom. The molecule has 0 fully saturated rings. The number of halogens is 1.